The van der Waals surface area contributed by atoms with Crippen LogP contribution < -0.4 is 4.80 Å². The lowest BCUT2D eigenvalue weighted by molar-refractivity contribution is 0.755. The quantitative estimate of drug-likeness (QED) is 0.447. The van der Waals surface area contributed by atoms with E-state index in [0.717, 1.165) is 16.1 Å². The number of nitrogens with zero attached hydrogens (tertiary/aromatic N) is 3. The van der Waals surface area contributed by atoms with Crippen molar-refractivity contribution < 1.29 is 0 Å². The highest BCUT2D eigenvalue weighted by atomic mass is 32.2. The molecule has 2 aromatic heterocycles. The predicted molar refractivity (Wildman–Crippen MR) is 108 cm³/mol. The second-order valence-electron chi connectivity index (χ2n) is 5.43. The molecule has 0 unspecified atom stereocenters. The van der Waals surface area contributed by atoms with Crippen molar-refractivity contribution in [3.8, 4) is 10.6 Å². The van der Waals surface area contributed by atoms with Gasteiger partial charge in [0, 0.05) is 16.3 Å². The summed E-state index contributed by atoms with van der Waals surface area (Å²) in [6, 6.07) is 12.8. The summed E-state index contributed by atoms with van der Waals surface area (Å²) in [6.07, 6.45) is 3.98. The van der Waals surface area contributed by atoms with Crippen LogP contribution in [0.4, 0.5) is 0 Å². The minimum Gasteiger partial charge on any atom is -0.255 e. The largest absolute Gasteiger partial charge is 0.255 e. The Morgan fingerprint density at radius 3 is 2.54 bits per heavy atom. The van der Waals surface area contributed by atoms with Crippen molar-refractivity contribution in [3.05, 3.63) is 57.5 Å². The van der Waals surface area contributed by atoms with Gasteiger partial charge in [-0.3, -0.25) is 4.99 Å². The van der Waals surface area contributed by atoms with Gasteiger partial charge >= 0.3 is 0 Å². The first kappa shape index (κ1) is 17.2. The zero-order valence-electron chi connectivity index (χ0n) is 13.8. The summed E-state index contributed by atoms with van der Waals surface area (Å²) in [6.45, 7) is 4.17. The van der Waals surface area contributed by atoms with Gasteiger partial charge in [-0.2, -0.15) is 5.10 Å². The fraction of sp³-hybridized carbons (Fsp3) is 0.222. The maximum absolute atomic E-state index is 4.71. The van der Waals surface area contributed by atoms with E-state index in [1.165, 1.54) is 9.77 Å². The van der Waals surface area contributed by atoms with Gasteiger partial charge in [-0.1, -0.05) is 18.2 Å². The van der Waals surface area contributed by atoms with Crippen molar-refractivity contribution in [1.82, 2.24) is 4.68 Å². The van der Waals surface area contributed by atoms with Crippen molar-refractivity contribution in [2.24, 2.45) is 10.1 Å². The van der Waals surface area contributed by atoms with Crippen LogP contribution >= 0.6 is 34.4 Å². The zero-order valence-corrected chi connectivity index (χ0v) is 16.3. The van der Waals surface area contributed by atoms with Crippen LogP contribution in [0, 0.1) is 0 Å². The standard InChI is InChI=1S/C18H19N3S3/c1-13(2)20-18-21(16(12-24-18)17-5-4-10-23-17)19-11-14-6-8-15(22-3)9-7-14/h4-13H,1-3H3. The van der Waals surface area contributed by atoms with Gasteiger partial charge in [-0.25, -0.2) is 4.68 Å². The van der Waals surface area contributed by atoms with Gasteiger partial charge in [-0.15, -0.1) is 34.4 Å². The Balaban J connectivity index is 2.01. The molecule has 0 N–H and O–H groups in total. The monoisotopic (exact) mass is 373 g/mol. The molecule has 0 atom stereocenters. The van der Waals surface area contributed by atoms with Gasteiger partial charge in [0.25, 0.3) is 0 Å². The average molecular weight is 374 g/mol. The lowest BCUT2D eigenvalue weighted by Gasteiger charge is -2.02. The lowest BCUT2D eigenvalue weighted by Crippen LogP contribution is -2.14. The molecule has 24 heavy (non-hydrogen) atoms. The fourth-order valence-electron chi connectivity index (χ4n) is 2.13. The molecular formula is C18H19N3S3. The normalized spacial score (nSPS) is 12.6. The molecule has 3 aromatic rings. The third-order valence-corrected chi connectivity index (χ3v) is 5.73. The fourth-order valence-corrected chi connectivity index (χ4v) is 4.30. The van der Waals surface area contributed by atoms with Gasteiger partial charge in [0.05, 0.1) is 16.8 Å². The molecule has 3 rings (SSSR count). The van der Waals surface area contributed by atoms with E-state index in [1.54, 1.807) is 34.4 Å². The minimum atomic E-state index is 0.238. The van der Waals surface area contributed by atoms with E-state index < -0.39 is 0 Å². The molecule has 0 spiro atoms. The second kappa shape index (κ2) is 7.96. The molecule has 2 heterocycles. The molecule has 0 fully saturated rings. The van der Waals surface area contributed by atoms with E-state index in [4.69, 9.17) is 10.1 Å². The van der Waals surface area contributed by atoms with Crippen LogP contribution in [-0.2, 0) is 0 Å². The molecule has 6 heteroatoms. The van der Waals surface area contributed by atoms with Crippen LogP contribution in [0.2, 0.25) is 0 Å². The molecule has 0 aliphatic heterocycles. The molecular weight excluding hydrogens is 354 g/mol. The Bertz CT molecular complexity index is 869. The highest BCUT2D eigenvalue weighted by Gasteiger charge is 2.08. The predicted octanol–water partition coefficient (Wildman–Crippen LogP) is 5.19. The van der Waals surface area contributed by atoms with Crippen molar-refractivity contribution in [2.45, 2.75) is 24.8 Å². The Morgan fingerprint density at radius 1 is 1.12 bits per heavy atom. The number of thiazole rings is 1. The molecule has 0 bridgehead atoms. The first-order valence-electron chi connectivity index (χ1n) is 7.64. The summed E-state index contributed by atoms with van der Waals surface area (Å²) < 4.78 is 1.94. The Labute approximate surface area is 154 Å². The van der Waals surface area contributed by atoms with Crippen LogP contribution in [0.15, 0.2) is 62.1 Å². The first-order chi connectivity index (χ1) is 11.7. The van der Waals surface area contributed by atoms with Crippen molar-refractivity contribution in [3.63, 3.8) is 0 Å². The number of thioether (sulfide) groups is 1. The molecule has 1 aromatic carbocycles. The summed E-state index contributed by atoms with van der Waals surface area (Å²) in [7, 11) is 0. The number of rotatable bonds is 5. The Hall–Kier alpha value is -1.63. The molecule has 0 saturated carbocycles. The van der Waals surface area contributed by atoms with Gasteiger partial charge in [0.1, 0.15) is 0 Å². The van der Waals surface area contributed by atoms with Crippen LogP contribution in [-0.4, -0.2) is 23.2 Å². The van der Waals surface area contributed by atoms with E-state index in [1.807, 2.05) is 10.9 Å². The smallest absolute Gasteiger partial charge is 0.206 e. The van der Waals surface area contributed by atoms with Crippen LogP contribution in [0.3, 0.4) is 0 Å². The summed E-state index contributed by atoms with van der Waals surface area (Å²) in [4.78, 5) is 8.08. The van der Waals surface area contributed by atoms with Crippen LogP contribution in [0.25, 0.3) is 10.6 Å². The molecule has 0 saturated heterocycles. The molecule has 3 nitrogen and oxygen atoms in total. The van der Waals surface area contributed by atoms with Gasteiger partial charge in [0.15, 0.2) is 0 Å². The van der Waals surface area contributed by atoms with E-state index >= 15 is 0 Å². The highest BCUT2D eigenvalue weighted by molar-refractivity contribution is 7.98. The average Bonchev–Trinajstić information content (AvgIpc) is 3.22. The molecule has 0 radical (unpaired) electrons. The minimum absolute atomic E-state index is 0.238. The van der Waals surface area contributed by atoms with E-state index in [9.17, 15) is 0 Å². The Kier molecular flexibility index (Phi) is 5.71. The first-order valence-corrected chi connectivity index (χ1v) is 10.6. The number of hydrogen-bond donors (Lipinski definition) is 0. The van der Waals surface area contributed by atoms with Crippen LogP contribution in [0.5, 0.6) is 0 Å². The second-order valence-corrected chi connectivity index (χ2v) is 8.10. The van der Waals surface area contributed by atoms with Crippen LogP contribution in [0.1, 0.15) is 19.4 Å². The molecule has 0 amide bonds. The molecule has 0 aliphatic carbocycles. The zero-order chi connectivity index (χ0) is 16.9. The summed E-state index contributed by atoms with van der Waals surface area (Å²) in [5, 5.41) is 8.92. The molecule has 124 valence electrons. The van der Waals surface area contributed by atoms with Gasteiger partial charge in [0.2, 0.25) is 4.80 Å². The van der Waals surface area contributed by atoms with Gasteiger partial charge in [-0.05, 0) is 49.2 Å². The van der Waals surface area contributed by atoms with E-state index in [2.05, 4.69) is 67.3 Å². The van der Waals surface area contributed by atoms with Crippen molar-refractivity contribution in [2.75, 3.05) is 6.26 Å². The highest BCUT2D eigenvalue weighted by Crippen LogP contribution is 2.25. The topological polar surface area (TPSA) is 29.6 Å². The number of thiophene rings is 1. The Morgan fingerprint density at radius 2 is 1.92 bits per heavy atom. The SMILES string of the molecule is CSc1ccc(C=Nn2c(-c3cccs3)csc2=NC(C)C)cc1. The number of benzene rings is 1. The summed E-state index contributed by atoms with van der Waals surface area (Å²) in [5.41, 5.74) is 2.17. The summed E-state index contributed by atoms with van der Waals surface area (Å²) in [5.74, 6) is 0. The van der Waals surface area contributed by atoms with E-state index in [0.29, 0.717) is 0 Å². The third-order valence-electron chi connectivity index (χ3n) is 3.27. The number of hydrogen-bond acceptors (Lipinski definition) is 5. The summed E-state index contributed by atoms with van der Waals surface area (Å²) >= 11 is 5.09. The number of aromatic nitrogens is 1. The lowest BCUT2D eigenvalue weighted by atomic mass is 10.2. The molecule has 0 aliphatic rings. The van der Waals surface area contributed by atoms with Crippen molar-refractivity contribution >= 4 is 40.7 Å². The third kappa shape index (κ3) is 4.06. The van der Waals surface area contributed by atoms with Gasteiger partial charge < -0.3 is 0 Å². The van der Waals surface area contributed by atoms with Crippen molar-refractivity contribution in [1.29, 1.82) is 0 Å². The maximum atomic E-state index is 4.71. The van der Waals surface area contributed by atoms with E-state index in [-0.39, 0.29) is 6.04 Å². The maximum Gasteiger partial charge on any atom is 0.206 e.